The van der Waals surface area contributed by atoms with E-state index in [1.165, 1.54) is 20.9 Å². The van der Waals surface area contributed by atoms with Gasteiger partial charge in [0, 0.05) is 28.1 Å². The minimum Gasteiger partial charge on any atom is -0.361 e. The second-order valence-electron chi connectivity index (χ2n) is 4.03. The minimum atomic E-state index is 1.08. The molecule has 2 nitrogen and oxygen atoms in total. The Kier molecular flexibility index (Phi) is 3.12. The summed E-state index contributed by atoms with van der Waals surface area (Å²) in [5.41, 5.74) is 2.59. The number of aromatic nitrogens is 1. The Hall–Kier alpha value is -0.800. The van der Waals surface area contributed by atoms with E-state index < -0.39 is 0 Å². The molecule has 1 heterocycles. The van der Waals surface area contributed by atoms with Crippen molar-refractivity contribution < 1.29 is 0 Å². The van der Waals surface area contributed by atoms with Crippen molar-refractivity contribution in [1.82, 2.24) is 9.88 Å². The lowest BCUT2D eigenvalue weighted by atomic mass is 10.1. The lowest BCUT2D eigenvalue weighted by molar-refractivity contribution is 0.414. The third-order valence-corrected chi connectivity index (χ3v) is 3.23. The number of likely N-dealkylation sites (N-methyl/N-ethyl adjacent to an activating group) is 1. The van der Waals surface area contributed by atoms with Crippen LogP contribution in [0.25, 0.3) is 10.9 Å². The van der Waals surface area contributed by atoms with Gasteiger partial charge in [0.15, 0.2) is 0 Å². The Morgan fingerprint density at radius 3 is 2.87 bits per heavy atom. The number of H-pyrrole nitrogens is 1. The molecule has 0 aliphatic carbocycles. The zero-order chi connectivity index (χ0) is 10.8. The van der Waals surface area contributed by atoms with E-state index in [0.29, 0.717) is 0 Å². The number of nitrogens with one attached hydrogen (secondary N) is 1. The molecule has 0 saturated heterocycles. The Bertz CT molecular complexity index is 460. The fraction of sp³-hybridized carbons (Fsp3) is 0.333. The average Bonchev–Trinajstić information content (AvgIpc) is 2.59. The van der Waals surface area contributed by atoms with E-state index in [-0.39, 0.29) is 0 Å². The summed E-state index contributed by atoms with van der Waals surface area (Å²) in [6.07, 6.45) is 3.19. The van der Waals surface area contributed by atoms with E-state index in [1.54, 1.807) is 0 Å². The first-order chi connectivity index (χ1) is 7.18. The molecule has 1 N–H and O–H groups in total. The zero-order valence-corrected chi connectivity index (χ0v) is 10.6. The molecule has 2 rings (SSSR count). The van der Waals surface area contributed by atoms with E-state index in [9.17, 15) is 0 Å². The van der Waals surface area contributed by atoms with Crippen molar-refractivity contribution >= 4 is 26.8 Å². The molecule has 1 aromatic heterocycles. The number of hydrogen-bond donors (Lipinski definition) is 1. The molecule has 15 heavy (non-hydrogen) atoms. The van der Waals surface area contributed by atoms with Crippen LogP contribution in [-0.2, 0) is 6.42 Å². The molecule has 0 bridgehead atoms. The smallest absolute Gasteiger partial charge is 0.0468 e. The normalized spacial score (nSPS) is 11.5. The SMILES string of the molecule is CN(C)CCc1c[nH]c2cccc(Br)c12. The van der Waals surface area contributed by atoms with E-state index in [0.717, 1.165) is 13.0 Å². The second-order valence-corrected chi connectivity index (χ2v) is 4.88. The van der Waals surface area contributed by atoms with E-state index in [4.69, 9.17) is 0 Å². The van der Waals surface area contributed by atoms with Crippen molar-refractivity contribution in [2.24, 2.45) is 0 Å². The Morgan fingerprint density at radius 2 is 2.13 bits per heavy atom. The third kappa shape index (κ3) is 2.24. The molecular weight excluding hydrogens is 252 g/mol. The van der Waals surface area contributed by atoms with Crippen LogP contribution >= 0.6 is 15.9 Å². The van der Waals surface area contributed by atoms with Crippen molar-refractivity contribution in [2.75, 3.05) is 20.6 Å². The summed E-state index contributed by atoms with van der Waals surface area (Å²) in [6, 6.07) is 6.26. The monoisotopic (exact) mass is 266 g/mol. The molecule has 0 radical (unpaired) electrons. The molecule has 0 amide bonds. The summed E-state index contributed by atoms with van der Waals surface area (Å²) >= 11 is 3.60. The van der Waals surface area contributed by atoms with Crippen LogP contribution in [0.2, 0.25) is 0 Å². The van der Waals surface area contributed by atoms with Gasteiger partial charge in [0.25, 0.3) is 0 Å². The molecule has 0 unspecified atom stereocenters. The van der Waals surface area contributed by atoms with Crippen LogP contribution in [-0.4, -0.2) is 30.5 Å². The van der Waals surface area contributed by atoms with Gasteiger partial charge in [-0.1, -0.05) is 22.0 Å². The summed E-state index contributed by atoms with van der Waals surface area (Å²) in [4.78, 5) is 5.51. The van der Waals surface area contributed by atoms with Crippen molar-refractivity contribution in [1.29, 1.82) is 0 Å². The minimum absolute atomic E-state index is 1.08. The van der Waals surface area contributed by atoms with Crippen molar-refractivity contribution in [3.63, 3.8) is 0 Å². The highest BCUT2D eigenvalue weighted by atomic mass is 79.9. The molecule has 3 heteroatoms. The third-order valence-electron chi connectivity index (χ3n) is 2.56. The molecule has 0 aliphatic rings. The topological polar surface area (TPSA) is 19.0 Å². The Labute approximate surface area is 98.4 Å². The van der Waals surface area contributed by atoms with Gasteiger partial charge in [-0.3, -0.25) is 0 Å². The van der Waals surface area contributed by atoms with Gasteiger partial charge < -0.3 is 9.88 Å². The number of halogens is 1. The standard InChI is InChI=1S/C12H15BrN2/c1-15(2)7-6-9-8-14-11-5-3-4-10(13)12(9)11/h3-5,8,14H,6-7H2,1-2H3. The summed E-state index contributed by atoms with van der Waals surface area (Å²) in [5.74, 6) is 0. The fourth-order valence-corrected chi connectivity index (χ4v) is 2.37. The van der Waals surface area contributed by atoms with E-state index >= 15 is 0 Å². The maximum Gasteiger partial charge on any atom is 0.0468 e. The van der Waals surface area contributed by atoms with Gasteiger partial charge in [0.2, 0.25) is 0 Å². The Balaban J connectivity index is 2.35. The number of benzene rings is 1. The highest BCUT2D eigenvalue weighted by Crippen LogP contribution is 2.27. The maximum atomic E-state index is 3.60. The highest BCUT2D eigenvalue weighted by Gasteiger charge is 2.06. The molecule has 1 aromatic carbocycles. The van der Waals surface area contributed by atoms with Crippen LogP contribution in [0.5, 0.6) is 0 Å². The molecular formula is C12H15BrN2. The van der Waals surface area contributed by atoms with E-state index in [2.05, 4.69) is 64.3 Å². The molecule has 0 saturated carbocycles. The van der Waals surface area contributed by atoms with Crippen LogP contribution in [0.15, 0.2) is 28.9 Å². The lowest BCUT2D eigenvalue weighted by Gasteiger charge is -2.08. The number of hydrogen-bond acceptors (Lipinski definition) is 1. The summed E-state index contributed by atoms with van der Waals surface area (Å²) in [6.45, 7) is 1.08. The molecule has 0 aliphatic heterocycles. The first-order valence-corrected chi connectivity index (χ1v) is 5.87. The average molecular weight is 267 g/mol. The fourth-order valence-electron chi connectivity index (χ4n) is 1.75. The van der Waals surface area contributed by atoms with Crippen LogP contribution < -0.4 is 0 Å². The predicted molar refractivity (Wildman–Crippen MR) is 68.3 cm³/mol. The molecule has 0 fully saturated rings. The number of fused-ring (bicyclic) bond motifs is 1. The van der Waals surface area contributed by atoms with Crippen molar-refractivity contribution in [3.05, 3.63) is 34.4 Å². The zero-order valence-electron chi connectivity index (χ0n) is 9.05. The molecule has 0 spiro atoms. The van der Waals surface area contributed by atoms with Crippen molar-refractivity contribution in [2.45, 2.75) is 6.42 Å². The van der Waals surface area contributed by atoms with Crippen LogP contribution in [0, 0.1) is 0 Å². The van der Waals surface area contributed by atoms with Gasteiger partial charge >= 0.3 is 0 Å². The van der Waals surface area contributed by atoms with Gasteiger partial charge in [-0.2, -0.15) is 0 Å². The molecule has 2 aromatic rings. The predicted octanol–water partition coefficient (Wildman–Crippen LogP) is 3.03. The van der Waals surface area contributed by atoms with Gasteiger partial charge in [-0.05, 0) is 38.2 Å². The number of rotatable bonds is 3. The maximum absolute atomic E-state index is 3.60. The van der Waals surface area contributed by atoms with E-state index in [1.807, 2.05) is 0 Å². The van der Waals surface area contributed by atoms with Gasteiger partial charge in [-0.25, -0.2) is 0 Å². The first kappa shape index (κ1) is 10.7. The van der Waals surface area contributed by atoms with Crippen LogP contribution in [0.4, 0.5) is 0 Å². The number of nitrogens with zero attached hydrogens (tertiary/aromatic N) is 1. The second kappa shape index (κ2) is 4.37. The van der Waals surface area contributed by atoms with Crippen LogP contribution in [0.1, 0.15) is 5.56 Å². The van der Waals surface area contributed by atoms with Gasteiger partial charge in [0.05, 0.1) is 0 Å². The highest BCUT2D eigenvalue weighted by molar-refractivity contribution is 9.10. The lowest BCUT2D eigenvalue weighted by Crippen LogP contribution is -2.14. The Morgan fingerprint density at radius 1 is 1.33 bits per heavy atom. The quantitative estimate of drug-likeness (QED) is 0.905. The number of aromatic amines is 1. The van der Waals surface area contributed by atoms with Gasteiger partial charge in [-0.15, -0.1) is 0 Å². The van der Waals surface area contributed by atoms with Crippen molar-refractivity contribution in [3.8, 4) is 0 Å². The molecule has 80 valence electrons. The van der Waals surface area contributed by atoms with Crippen LogP contribution in [0.3, 0.4) is 0 Å². The first-order valence-electron chi connectivity index (χ1n) is 5.07. The van der Waals surface area contributed by atoms with Gasteiger partial charge in [0.1, 0.15) is 0 Å². The molecule has 0 atom stereocenters. The summed E-state index contributed by atoms with van der Waals surface area (Å²) in [7, 11) is 4.20. The summed E-state index contributed by atoms with van der Waals surface area (Å²) < 4.78 is 1.18. The summed E-state index contributed by atoms with van der Waals surface area (Å²) in [5, 5.41) is 1.32. The largest absolute Gasteiger partial charge is 0.361 e.